The third-order valence-corrected chi connectivity index (χ3v) is 3.89. The first-order valence-electron chi connectivity index (χ1n) is 3.93. The molecule has 0 fully saturated rings. The molecule has 0 unspecified atom stereocenters. The second-order valence-electron chi connectivity index (χ2n) is 2.78. The molecule has 0 aromatic heterocycles. The van der Waals surface area contributed by atoms with Crippen LogP contribution in [0, 0.1) is 0 Å². The lowest BCUT2D eigenvalue weighted by molar-refractivity contribution is 0.0963. The highest BCUT2D eigenvalue weighted by molar-refractivity contribution is 8.13. The molecule has 0 aliphatic carbocycles. The number of rotatable bonds is 2. The molecule has 0 bridgehead atoms. The number of halogens is 3. The first-order chi connectivity index (χ1) is 7.27. The maximum Gasteiger partial charge on any atom is 0.261 e. The van der Waals surface area contributed by atoms with Gasteiger partial charge in [-0.3, -0.25) is 4.79 Å². The van der Waals surface area contributed by atoms with Crippen LogP contribution in [0.2, 0.25) is 10.0 Å². The van der Waals surface area contributed by atoms with Gasteiger partial charge in [0.15, 0.2) is 0 Å². The lowest BCUT2D eigenvalue weighted by atomic mass is 10.2. The van der Waals surface area contributed by atoms with Gasteiger partial charge in [0.05, 0.1) is 20.5 Å². The van der Waals surface area contributed by atoms with Crippen LogP contribution in [0.4, 0.5) is 0 Å². The number of hydrogen-bond donors (Lipinski definition) is 1. The first-order valence-corrected chi connectivity index (χ1v) is 6.99. The molecule has 88 valence electrons. The zero-order chi connectivity index (χ0) is 12.5. The highest BCUT2D eigenvalue weighted by Crippen LogP contribution is 2.30. The average Bonchev–Trinajstić information content (AvgIpc) is 2.19. The third kappa shape index (κ3) is 2.79. The number of carbonyl (C=O) groups is 1. The Bertz CT molecular complexity index is 542. The summed E-state index contributed by atoms with van der Waals surface area (Å²) >= 11 is 11.4. The molecule has 0 aliphatic heterocycles. The van der Waals surface area contributed by atoms with E-state index in [9.17, 15) is 13.2 Å². The fourth-order valence-electron chi connectivity index (χ4n) is 1.00. The average molecular weight is 303 g/mol. The number of nitrogens with one attached hydrogen (secondary N) is 1. The van der Waals surface area contributed by atoms with Crippen molar-refractivity contribution >= 4 is 48.8 Å². The molecular formula is C8H6Cl3NO3S. The molecule has 1 aromatic rings. The topological polar surface area (TPSA) is 63.2 Å². The minimum atomic E-state index is -3.96. The van der Waals surface area contributed by atoms with Crippen LogP contribution in [0.3, 0.4) is 0 Å². The van der Waals surface area contributed by atoms with E-state index >= 15 is 0 Å². The van der Waals surface area contributed by atoms with E-state index in [2.05, 4.69) is 5.32 Å². The van der Waals surface area contributed by atoms with Crippen LogP contribution in [0.1, 0.15) is 10.4 Å². The largest absolute Gasteiger partial charge is 0.355 e. The van der Waals surface area contributed by atoms with Crippen LogP contribution < -0.4 is 5.32 Å². The van der Waals surface area contributed by atoms with Gasteiger partial charge >= 0.3 is 0 Å². The molecule has 0 atom stereocenters. The minimum Gasteiger partial charge on any atom is -0.355 e. The predicted molar refractivity (Wildman–Crippen MR) is 62.9 cm³/mol. The van der Waals surface area contributed by atoms with Crippen molar-refractivity contribution in [3.8, 4) is 0 Å². The molecule has 0 saturated carbocycles. The van der Waals surface area contributed by atoms with Crippen molar-refractivity contribution in [3.05, 3.63) is 27.7 Å². The summed E-state index contributed by atoms with van der Waals surface area (Å²) < 4.78 is 22.2. The Hall–Kier alpha value is -0.490. The molecule has 0 spiro atoms. The van der Waals surface area contributed by atoms with Gasteiger partial charge in [-0.2, -0.15) is 0 Å². The second kappa shape index (κ2) is 4.79. The summed E-state index contributed by atoms with van der Waals surface area (Å²) in [6, 6.07) is 2.15. The molecule has 1 amide bonds. The lowest BCUT2D eigenvalue weighted by Gasteiger charge is -2.06. The summed E-state index contributed by atoms with van der Waals surface area (Å²) in [7, 11) is 2.57. The summed E-state index contributed by atoms with van der Waals surface area (Å²) in [5.41, 5.74) is -0.0455. The van der Waals surface area contributed by atoms with Gasteiger partial charge in [0.1, 0.15) is 0 Å². The van der Waals surface area contributed by atoms with Gasteiger partial charge < -0.3 is 5.32 Å². The summed E-state index contributed by atoms with van der Waals surface area (Å²) in [5.74, 6) is -0.547. The fraction of sp³-hybridized carbons (Fsp3) is 0.125. The quantitative estimate of drug-likeness (QED) is 0.853. The highest BCUT2D eigenvalue weighted by atomic mass is 35.7. The van der Waals surface area contributed by atoms with Crippen LogP contribution >= 0.6 is 33.9 Å². The molecule has 1 rings (SSSR count). The van der Waals surface area contributed by atoms with Crippen LogP contribution in [-0.4, -0.2) is 21.4 Å². The van der Waals surface area contributed by atoms with E-state index in [4.69, 9.17) is 33.9 Å². The van der Waals surface area contributed by atoms with E-state index in [0.29, 0.717) is 0 Å². The molecular weight excluding hydrogens is 297 g/mol. The normalized spacial score (nSPS) is 11.2. The molecule has 4 nitrogen and oxygen atoms in total. The van der Waals surface area contributed by atoms with Crippen LogP contribution in [0.25, 0.3) is 0 Å². The van der Waals surface area contributed by atoms with E-state index < -0.39 is 15.0 Å². The van der Waals surface area contributed by atoms with Crippen molar-refractivity contribution in [2.24, 2.45) is 0 Å². The second-order valence-corrected chi connectivity index (χ2v) is 6.13. The first kappa shape index (κ1) is 13.6. The fourth-order valence-corrected chi connectivity index (χ4v) is 2.27. The van der Waals surface area contributed by atoms with Gasteiger partial charge in [0, 0.05) is 17.7 Å². The Morgan fingerprint density at radius 2 is 1.88 bits per heavy atom. The van der Waals surface area contributed by atoms with Crippen LogP contribution in [0.15, 0.2) is 17.0 Å². The number of benzene rings is 1. The van der Waals surface area contributed by atoms with Crippen molar-refractivity contribution < 1.29 is 13.2 Å². The minimum absolute atomic E-state index is 0.0231. The van der Waals surface area contributed by atoms with Gasteiger partial charge in [0.2, 0.25) is 0 Å². The van der Waals surface area contributed by atoms with E-state index in [0.717, 1.165) is 12.1 Å². The molecule has 16 heavy (non-hydrogen) atoms. The Morgan fingerprint density at radius 3 is 2.31 bits per heavy atom. The zero-order valence-electron chi connectivity index (χ0n) is 7.92. The summed E-state index contributed by atoms with van der Waals surface area (Å²) in [6.07, 6.45) is 0. The van der Waals surface area contributed by atoms with Gasteiger partial charge in [0.25, 0.3) is 15.0 Å². The van der Waals surface area contributed by atoms with Gasteiger partial charge in [-0.25, -0.2) is 8.42 Å². The van der Waals surface area contributed by atoms with Crippen LogP contribution in [-0.2, 0) is 9.05 Å². The summed E-state index contributed by atoms with van der Waals surface area (Å²) in [6.45, 7) is 0. The number of amides is 1. The highest BCUT2D eigenvalue weighted by Gasteiger charge is 2.19. The monoisotopic (exact) mass is 301 g/mol. The van der Waals surface area contributed by atoms with Crippen LogP contribution in [0.5, 0.6) is 0 Å². The third-order valence-electron chi connectivity index (χ3n) is 1.75. The van der Waals surface area contributed by atoms with E-state index in [1.54, 1.807) is 0 Å². The molecule has 1 aromatic carbocycles. The molecule has 0 radical (unpaired) electrons. The summed E-state index contributed by atoms with van der Waals surface area (Å²) in [5, 5.41) is 2.23. The molecule has 1 N–H and O–H groups in total. The number of carbonyl (C=O) groups excluding carboxylic acids is 1. The van der Waals surface area contributed by atoms with Crippen molar-refractivity contribution in [3.63, 3.8) is 0 Å². The van der Waals surface area contributed by atoms with E-state index in [1.165, 1.54) is 7.05 Å². The Labute approximate surface area is 107 Å². The molecule has 8 heteroatoms. The van der Waals surface area contributed by atoms with Crippen molar-refractivity contribution in [2.45, 2.75) is 4.90 Å². The summed E-state index contributed by atoms with van der Waals surface area (Å²) in [4.78, 5) is 11.1. The standard InChI is InChI=1S/C8H6Cl3NO3S/c1-12-8(13)5-2-4(16(11,14)15)3-6(9)7(5)10/h2-3H,1H3,(H,12,13). The van der Waals surface area contributed by atoms with Gasteiger partial charge in [-0.15, -0.1) is 0 Å². The van der Waals surface area contributed by atoms with Crippen molar-refractivity contribution in [1.29, 1.82) is 0 Å². The van der Waals surface area contributed by atoms with E-state index in [-0.39, 0.29) is 20.5 Å². The van der Waals surface area contributed by atoms with Gasteiger partial charge in [-0.05, 0) is 12.1 Å². The maximum atomic E-state index is 11.4. The zero-order valence-corrected chi connectivity index (χ0v) is 11.0. The molecule has 0 heterocycles. The Morgan fingerprint density at radius 1 is 1.31 bits per heavy atom. The number of hydrogen-bond acceptors (Lipinski definition) is 3. The lowest BCUT2D eigenvalue weighted by Crippen LogP contribution is -2.18. The maximum absolute atomic E-state index is 11.4. The SMILES string of the molecule is CNC(=O)c1cc(S(=O)(=O)Cl)cc(Cl)c1Cl. The Balaban J connectivity index is 3.51. The predicted octanol–water partition coefficient (Wildman–Crippen LogP) is 2.28. The molecule has 0 aliphatic rings. The van der Waals surface area contributed by atoms with Gasteiger partial charge in [-0.1, -0.05) is 23.2 Å². The van der Waals surface area contributed by atoms with E-state index in [1.807, 2.05) is 0 Å². The van der Waals surface area contributed by atoms with Crippen molar-refractivity contribution in [1.82, 2.24) is 5.32 Å². The smallest absolute Gasteiger partial charge is 0.261 e. The Kier molecular flexibility index (Phi) is 4.07. The van der Waals surface area contributed by atoms with Crippen molar-refractivity contribution in [2.75, 3.05) is 7.05 Å². The molecule has 0 saturated heterocycles.